The quantitative estimate of drug-likeness (QED) is 0.742. The number of aromatic hydroxyl groups is 1. The number of methoxy groups -OCH3 is 1. The molecule has 5 nitrogen and oxygen atoms in total. The van der Waals surface area contributed by atoms with Crippen LogP contribution in [0.5, 0.6) is 11.5 Å². The van der Waals surface area contributed by atoms with Crippen LogP contribution in [0.4, 0.5) is 0 Å². The first-order chi connectivity index (χ1) is 11.6. The number of likely N-dealkylation sites (N-methyl/N-ethyl adjacent to an activating group) is 1. The van der Waals surface area contributed by atoms with Gasteiger partial charge in [0.05, 0.1) is 18.7 Å². The fourth-order valence-corrected chi connectivity index (χ4v) is 3.65. The lowest BCUT2D eigenvalue weighted by atomic mass is 10.1. The van der Waals surface area contributed by atoms with E-state index in [-0.39, 0.29) is 11.8 Å². The van der Waals surface area contributed by atoms with Crippen molar-refractivity contribution in [2.75, 3.05) is 21.2 Å². The van der Waals surface area contributed by atoms with Crippen molar-refractivity contribution in [3.05, 3.63) is 53.0 Å². The molecule has 3 rings (SSSR count). The maximum atomic E-state index is 9.67. The van der Waals surface area contributed by atoms with Crippen LogP contribution in [0.1, 0.15) is 10.9 Å². The van der Waals surface area contributed by atoms with Gasteiger partial charge in [-0.05, 0) is 37.7 Å². The van der Waals surface area contributed by atoms with Gasteiger partial charge in [0, 0.05) is 29.9 Å². The van der Waals surface area contributed by atoms with Crippen molar-refractivity contribution in [1.29, 1.82) is 0 Å². The van der Waals surface area contributed by atoms with Crippen LogP contribution in [0, 0.1) is 0 Å². The highest BCUT2D eigenvalue weighted by molar-refractivity contribution is 7.10. The smallest absolute Gasteiger partial charge is 0.143 e. The zero-order valence-electron chi connectivity index (χ0n) is 14.0. The maximum Gasteiger partial charge on any atom is 0.143 e. The van der Waals surface area contributed by atoms with Gasteiger partial charge in [-0.25, -0.2) is 4.98 Å². The van der Waals surface area contributed by atoms with Crippen molar-refractivity contribution >= 4 is 11.3 Å². The van der Waals surface area contributed by atoms with E-state index in [1.165, 1.54) is 4.88 Å². The molecule has 2 aromatic heterocycles. The highest BCUT2D eigenvalue weighted by Gasteiger charge is 2.19. The van der Waals surface area contributed by atoms with Gasteiger partial charge in [-0.15, -0.1) is 11.3 Å². The number of thiophene rings is 1. The summed E-state index contributed by atoms with van der Waals surface area (Å²) in [5.74, 6) is 1.62. The number of nitrogens with zero attached hydrogens (tertiary/aromatic N) is 3. The summed E-state index contributed by atoms with van der Waals surface area (Å²) in [4.78, 5) is 8.03. The Labute approximate surface area is 145 Å². The molecule has 6 heteroatoms. The average Bonchev–Trinajstić information content (AvgIpc) is 3.23. The molecular formula is C18H21N3O2S. The van der Waals surface area contributed by atoms with E-state index >= 15 is 0 Å². The lowest BCUT2D eigenvalue weighted by Gasteiger charge is -2.24. The van der Waals surface area contributed by atoms with Crippen molar-refractivity contribution in [1.82, 2.24) is 14.5 Å². The van der Waals surface area contributed by atoms with Gasteiger partial charge in [0.2, 0.25) is 0 Å². The minimum Gasteiger partial charge on any atom is -0.508 e. The molecule has 0 spiro atoms. The average molecular weight is 343 g/mol. The highest BCUT2D eigenvalue weighted by Crippen LogP contribution is 2.33. The predicted molar refractivity (Wildman–Crippen MR) is 96.6 cm³/mol. The van der Waals surface area contributed by atoms with Gasteiger partial charge in [0.15, 0.2) is 0 Å². The molecule has 3 aromatic rings. The maximum absolute atomic E-state index is 9.67. The number of ether oxygens (including phenoxy) is 1. The second-order valence-corrected chi connectivity index (χ2v) is 6.76. The Bertz CT molecular complexity index is 796. The summed E-state index contributed by atoms with van der Waals surface area (Å²) in [7, 11) is 5.77. The van der Waals surface area contributed by atoms with Gasteiger partial charge in [0.1, 0.15) is 17.3 Å². The van der Waals surface area contributed by atoms with Gasteiger partial charge in [-0.1, -0.05) is 6.07 Å². The molecule has 0 aliphatic carbocycles. The summed E-state index contributed by atoms with van der Waals surface area (Å²) >= 11 is 1.76. The van der Waals surface area contributed by atoms with E-state index in [0.29, 0.717) is 5.75 Å². The first kappa shape index (κ1) is 16.5. The van der Waals surface area contributed by atoms with Gasteiger partial charge >= 0.3 is 0 Å². The van der Waals surface area contributed by atoms with Crippen molar-refractivity contribution in [2.45, 2.75) is 12.6 Å². The Morgan fingerprint density at radius 2 is 2.17 bits per heavy atom. The van der Waals surface area contributed by atoms with Crippen LogP contribution in [0.25, 0.3) is 11.4 Å². The summed E-state index contributed by atoms with van der Waals surface area (Å²) in [6, 6.07) is 9.60. The van der Waals surface area contributed by atoms with Crippen LogP contribution in [-0.2, 0) is 6.54 Å². The van der Waals surface area contributed by atoms with Crippen molar-refractivity contribution in [3.8, 4) is 22.9 Å². The summed E-state index contributed by atoms with van der Waals surface area (Å²) in [5.41, 5.74) is 0.865. The minimum atomic E-state index is 0.179. The molecule has 24 heavy (non-hydrogen) atoms. The molecule has 0 radical (unpaired) electrons. The van der Waals surface area contributed by atoms with Crippen LogP contribution in [-0.4, -0.2) is 40.8 Å². The van der Waals surface area contributed by atoms with E-state index in [2.05, 4.69) is 46.1 Å². The van der Waals surface area contributed by atoms with E-state index in [4.69, 9.17) is 4.74 Å². The van der Waals surface area contributed by atoms with E-state index in [9.17, 15) is 5.11 Å². The third kappa shape index (κ3) is 3.29. The van der Waals surface area contributed by atoms with E-state index in [0.717, 1.165) is 17.9 Å². The molecule has 0 saturated heterocycles. The minimum absolute atomic E-state index is 0.179. The standard InChI is InChI=1S/C18H21N3O2S/c1-20(2)15(17-5-4-10-24-17)12-21-9-8-19-18(21)14-7-6-13(22)11-16(14)23-3/h4-11,15,22H,12H2,1-3H3. The van der Waals surface area contributed by atoms with E-state index in [1.807, 2.05) is 12.3 Å². The molecule has 2 heterocycles. The monoisotopic (exact) mass is 343 g/mol. The number of phenolic OH excluding ortho intramolecular Hbond substituents is 1. The van der Waals surface area contributed by atoms with Gasteiger partial charge in [-0.2, -0.15) is 0 Å². The number of hydrogen-bond donors (Lipinski definition) is 1. The summed E-state index contributed by atoms with van der Waals surface area (Å²) < 4.78 is 7.53. The normalized spacial score (nSPS) is 12.5. The number of hydrogen-bond acceptors (Lipinski definition) is 5. The second kappa shape index (κ2) is 7.07. The molecule has 1 unspecified atom stereocenters. The van der Waals surface area contributed by atoms with Crippen LogP contribution in [0.15, 0.2) is 48.1 Å². The Morgan fingerprint density at radius 1 is 1.33 bits per heavy atom. The molecule has 0 aliphatic heterocycles. The van der Waals surface area contributed by atoms with Gasteiger partial charge in [-0.3, -0.25) is 0 Å². The Kier molecular flexibility index (Phi) is 4.87. The number of aromatic nitrogens is 2. The molecule has 0 bridgehead atoms. The molecule has 0 fully saturated rings. The fraction of sp³-hybridized carbons (Fsp3) is 0.278. The summed E-state index contributed by atoms with van der Waals surface area (Å²) in [6.45, 7) is 0.785. The van der Waals surface area contributed by atoms with Gasteiger partial charge < -0.3 is 19.3 Å². The molecule has 126 valence electrons. The van der Waals surface area contributed by atoms with Crippen molar-refractivity contribution in [2.24, 2.45) is 0 Å². The Morgan fingerprint density at radius 3 is 2.83 bits per heavy atom. The third-order valence-corrected chi connectivity index (χ3v) is 4.98. The van der Waals surface area contributed by atoms with E-state index in [1.54, 1.807) is 36.8 Å². The second-order valence-electron chi connectivity index (χ2n) is 5.78. The summed E-state index contributed by atoms with van der Waals surface area (Å²) in [6.07, 6.45) is 3.77. The molecule has 0 aliphatic rings. The molecule has 1 N–H and O–H groups in total. The largest absolute Gasteiger partial charge is 0.508 e. The fourth-order valence-electron chi connectivity index (χ4n) is 2.74. The predicted octanol–water partition coefficient (Wildman–Crippen LogP) is 3.63. The topological polar surface area (TPSA) is 50.5 Å². The third-order valence-electron chi connectivity index (χ3n) is 4.01. The number of phenols is 1. The molecule has 0 amide bonds. The molecule has 1 atom stereocenters. The van der Waals surface area contributed by atoms with Crippen molar-refractivity contribution < 1.29 is 9.84 Å². The highest BCUT2D eigenvalue weighted by atomic mass is 32.1. The molecular weight excluding hydrogens is 322 g/mol. The first-order valence-corrected chi connectivity index (χ1v) is 8.56. The van der Waals surface area contributed by atoms with E-state index < -0.39 is 0 Å². The van der Waals surface area contributed by atoms with Gasteiger partial charge in [0.25, 0.3) is 0 Å². The zero-order chi connectivity index (χ0) is 17.1. The van der Waals surface area contributed by atoms with Crippen LogP contribution < -0.4 is 4.74 Å². The first-order valence-electron chi connectivity index (χ1n) is 7.68. The number of imidazole rings is 1. The lowest BCUT2D eigenvalue weighted by Crippen LogP contribution is -2.24. The van der Waals surface area contributed by atoms with Crippen LogP contribution in [0.2, 0.25) is 0 Å². The number of benzene rings is 1. The lowest BCUT2D eigenvalue weighted by molar-refractivity contribution is 0.273. The Hall–Kier alpha value is -2.31. The Balaban J connectivity index is 1.96. The summed E-state index contributed by atoms with van der Waals surface area (Å²) in [5, 5.41) is 11.8. The molecule has 0 saturated carbocycles. The van der Waals surface area contributed by atoms with Crippen LogP contribution >= 0.6 is 11.3 Å². The van der Waals surface area contributed by atoms with Crippen molar-refractivity contribution in [3.63, 3.8) is 0 Å². The zero-order valence-corrected chi connectivity index (χ0v) is 14.8. The van der Waals surface area contributed by atoms with Crippen LogP contribution in [0.3, 0.4) is 0 Å². The number of rotatable bonds is 6. The molecule has 1 aromatic carbocycles. The SMILES string of the molecule is COc1cc(O)ccc1-c1nccn1CC(c1cccs1)N(C)C.